The molecular formula is C14H12F3N5S. The zero-order valence-electron chi connectivity index (χ0n) is 12.0. The topological polar surface area (TPSA) is 80.5 Å². The van der Waals surface area contributed by atoms with Crippen molar-refractivity contribution in [2.75, 3.05) is 6.54 Å². The molecule has 0 saturated carbocycles. The van der Waals surface area contributed by atoms with Crippen molar-refractivity contribution in [2.45, 2.75) is 13.3 Å². The molecule has 3 rings (SSSR count). The van der Waals surface area contributed by atoms with E-state index in [2.05, 4.69) is 20.2 Å². The number of benzene rings is 1. The maximum atomic E-state index is 13.8. The third-order valence-electron chi connectivity index (χ3n) is 3.18. The first kappa shape index (κ1) is 15.6. The van der Waals surface area contributed by atoms with Gasteiger partial charge in [0.2, 0.25) is 0 Å². The van der Waals surface area contributed by atoms with Crippen LogP contribution in [0.3, 0.4) is 0 Å². The Morgan fingerprint density at radius 2 is 1.96 bits per heavy atom. The Bertz CT molecular complexity index is 858. The Morgan fingerprint density at radius 1 is 1.17 bits per heavy atom. The monoisotopic (exact) mass is 339 g/mol. The molecule has 23 heavy (non-hydrogen) atoms. The maximum Gasteiger partial charge on any atom is 0.195 e. The van der Waals surface area contributed by atoms with Gasteiger partial charge in [-0.1, -0.05) is 0 Å². The molecule has 5 nitrogen and oxygen atoms in total. The third-order valence-corrected chi connectivity index (χ3v) is 4.40. The zero-order valence-corrected chi connectivity index (χ0v) is 12.8. The van der Waals surface area contributed by atoms with Crippen LogP contribution in [0.15, 0.2) is 12.1 Å². The van der Waals surface area contributed by atoms with E-state index in [4.69, 9.17) is 5.73 Å². The van der Waals surface area contributed by atoms with Crippen LogP contribution < -0.4 is 5.73 Å². The summed E-state index contributed by atoms with van der Waals surface area (Å²) in [5.41, 5.74) is 6.03. The molecule has 0 unspecified atom stereocenters. The molecule has 0 bridgehead atoms. The highest BCUT2D eigenvalue weighted by atomic mass is 32.1. The molecule has 120 valence electrons. The van der Waals surface area contributed by atoms with E-state index in [-0.39, 0.29) is 11.4 Å². The standard InChI is InChI=1S/C14H12F3N5S/c1-6-12(23-9(19-6)4-5-18)14-20-13(21-22-14)7-2-3-8(15)11(17)10(7)16/h2-3H,4-5,18H2,1H3,(H,20,21,22). The number of nitrogens with one attached hydrogen (secondary N) is 1. The molecular weight excluding hydrogens is 327 g/mol. The average Bonchev–Trinajstić information content (AvgIpc) is 3.12. The van der Waals surface area contributed by atoms with E-state index in [0.29, 0.717) is 18.8 Å². The zero-order chi connectivity index (χ0) is 16.6. The molecule has 0 aliphatic heterocycles. The fraction of sp³-hybridized carbons (Fsp3) is 0.214. The predicted octanol–water partition coefficient (Wildman–Crippen LogP) is 2.82. The van der Waals surface area contributed by atoms with E-state index in [9.17, 15) is 13.2 Å². The first-order chi connectivity index (χ1) is 11.0. The van der Waals surface area contributed by atoms with Crippen molar-refractivity contribution >= 4 is 11.3 Å². The van der Waals surface area contributed by atoms with E-state index in [1.165, 1.54) is 11.3 Å². The van der Waals surface area contributed by atoms with Gasteiger partial charge in [0.05, 0.1) is 21.1 Å². The molecule has 2 heterocycles. The maximum absolute atomic E-state index is 13.8. The average molecular weight is 339 g/mol. The predicted molar refractivity (Wildman–Crippen MR) is 80.3 cm³/mol. The molecule has 0 aliphatic carbocycles. The van der Waals surface area contributed by atoms with Crippen LogP contribution >= 0.6 is 11.3 Å². The number of nitrogens with two attached hydrogens (primary N) is 1. The van der Waals surface area contributed by atoms with Crippen LogP contribution in [0.2, 0.25) is 0 Å². The minimum Gasteiger partial charge on any atom is -0.330 e. The number of halogens is 3. The van der Waals surface area contributed by atoms with Gasteiger partial charge in [-0.15, -0.1) is 11.3 Å². The number of aromatic amines is 1. The summed E-state index contributed by atoms with van der Waals surface area (Å²) in [6.45, 7) is 2.29. The van der Waals surface area contributed by atoms with Gasteiger partial charge >= 0.3 is 0 Å². The Kier molecular flexibility index (Phi) is 4.14. The summed E-state index contributed by atoms with van der Waals surface area (Å²) in [5.74, 6) is -3.79. The second-order valence-corrected chi connectivity index (χ2v) is 5.87. The third kappa shape index (κ3) is 2.84. The van der Waals surface area contributed by atoms with Crippen molar-refractivity contribution in [3.63, 3.8) is 0 Å². The highest BCUT2D eigenvalue weighted by molar-refractivity contribution is 7.15. The fourth-order valence-corrected chi connectivity index (χ4v) is 3.10. The lowest BCUT2D eigenvalue weighted by molar-refractivity contribution is 0.448. The smallest absolute Gasteiger partial charge is 0.195 e. The van der Waals surface area contributed by atoms with Gasteiger partial charge in [0.15, 0.2) is 29.1 Å². The Labute approximate surface area is 133 Å². The first-order valence-electron chi connectivity index (χ1n) is 6.74. The molecule has 0 saturated heterocycles. The fourth-order valence-electron chi connectivity index (χ4n) is 2.08. The van der Waals surface area contributed by atoms with Crippen molar-refractivity contribution < 1.29 is 13.2 Å². The van der Waals surface area contributed by atoms with Crippen LogP contribution in [-0.4, -0.2) is 26.7 Å². The molecule has 3 N–H and O–H groups in total. The van der Waals surface area contributed by atoms with Crippen LogP contribution in [-0.2, 0) is 6.42 Å². The summed E-state index contributed by atoms with van der Waals surface area (Å²) in [5, 5.41) is 7.41. The molecule has 0 spiro atoms. The molecule has 0 radical (unpaired) electrons. The molecule has 0 atom stereocenters. The number of hydrogen-bond donors (Lipinski definition) is 2. The molecule has 0 amide bonds. The number of H-pyrrole nitrogens is 1. The lowest BCUT2D eigenvalue weighted by Gasteiger charge is -1.99. The Balaban J connectivity index is 2.00. The van der Waals surface area contributed by atoms with E-state index >= 15 is 0 Å². The normalized spacial score (nSPS) is 11.2. The van der Waals surface area contributed by atoms with Crippen molar-refractivity contribution in [2.24, 2.45) is 5.73 Å². The quantitative estimate of drug-likeness (QED) is 0.716. The largest absolute Gasteiger partial charge is 0.330 e. The van der Waals surface area contributed by atoms with E-state index in [1.807, 2.05) is 6.92 Å². The van der Waals surface area contributed by atoms with Crippen LogP contribution in [0.1, 0.15) is 10.7 Å². The van der Waals surface area contributed by atoms with Gasteiger partial charge in [0, 0.05) is 6.42 Å². The van der Waals surface area contributed by atoms with Gasteiger partial charge in [0.25, 0.3) is 0 Å². The molecule has 9 heteroatoms. The number of aromatic nitrogens is 4. The SMILES string of the molecule is Cc1nc(CCN)sc1-c1nc(-c2ccc(F)c(F)c2F)n[nH]1. The van der Waals surface area contributed by atoms with Crippen LogP contribution in [0, 0.1) is 24.4 Å². The molecule has 0 fully saturated rings. The summed E-state index contributed by atoms with van der Waals surface area (Å²) < 4.78 is 40.1. The van der Waals surface area contributed by atoms with Gasteiger partial charge < -0.3 is 5.73 Å². The number of hydrogen-bond acceptors (Lipinski definition) is 5. The number of rotatable bonds is 4. The lowest BCUT2D eigenvalue weighted by Crippen LogP contribution is -2.01. The van der Waals surface area contributed by atoms with Crippen molar-refractivity contribution in [1.82, 2.24) is 20.2 Å². The van der Waals surface area contributed by atoms with Gasteiger partial charge in [-0.3, -0.25) is 5.10 Å². The van der Waals surface area contributed by atoms with Crippen molar-refractivity contribution in [1.29, 1.82) is 0 Å². The second kappa shape index (κ2) is 6.09. The summed E-state index contributed by atoms with van der Waals surface area (Å²) in [6, 6.07) is 1.93. The van der Waals surface area contributed by atoms with Crippen molar-refractivity contribution in [3.05, 3.63) is 40.3 Å². The van der Waals surface area contributed by atoms with Crippen molar-refractivity contribution in [3.8, 4) is 22.1 Å². The minimum atomic E-state index is -1.55. The van der Waals surface area contributed by atoms with Crippen LogP contribution in [0.25, 0.3) is 22.1 Å². The van der Waals surface area contributed by atoms with E-state index in [0.717, 1.165) is 27.7 Å². The number of aryl methyl sites for hydroxylation is 1. The second-order valence-electron chi connectivity index (χ2n) is 4.79. The molecule has 3 aromatic rings. The minimum absolute atomic E-state index is 0.0513. The van der Waals surface area contributed by atoms with Gasteiger partial charge in [-0.2, -0.15) is 5.10 Å². The summed E-state index contributed by atoms with van der Waals surface area (Å²) >= 11 is 1.40. The molecule has 1 aromatic carbocycles. The molecule has 2 aromatic heterocycles. The summed E-state index contributed by atoms with van der Waals surface area (Å²) in [7, 11) is 0. The van der Waals surface area contributed by atoms with Gasteiger partial charge in [-0.05, 0) is 25.6 Å². The van der Waals surface area contributed by atoms with Gasteiger partial charge in [0.1, 0.15) is 0 Å². The van der Waals surface area contributed by atoms with Gasteiger partial charge in [-0.25, -0.2) is 23.1 Å². The summed E-state index contributed by atoms with van der Waals surface area (Å²) in [6.07, 6.45) is 0.643. The number of nitrogens with zero attached hydrogens (tertiary/aromatic N) is 3. The van der Waals surface area contributed by atoms with Crippen LogP contribution in [0.5, 0.6) is 0 Å². The highest BCUT2D eigenvalue weighted by Crippen LogP contribution is 2.30. The van der Waals surface area contributed by atoms with E-state index < -0.39 is 17.5 Å². The van der Waals surface area contributed by atoms with E-state index in [1.54, 1.807) is 0 Å². The lowest BCUT2D eigenvalue weighted by atomic mass is 10.2. The van der Waals surface area contributed by atoms with Crippen LogP contribution in [0.4, 0.5) is 13.2 Å². The highest BCUT2D eigenvalue weighted by Gasteiger charge is 2.19. The Morgan fingerprint density at radius 3 is 2.70 bits per heavy atom. The Hall–Kier alpha value is -2.26. The summed E-state index contributed by atoms with van der Waals surface area (Å²) in [4.78, 5) is 9.27. The first-order valence-corrected chi connectivity index (χ1v) is 7.56. The number of thiazole rings is 1. The molecule has 0 aliphatic rings.